The molecule has 0 aliphatic heterocycles. The second-order valence-electron chi connectivity index (χ2n) is 4.36. The van der Waals surface area contributed by atoms with E-state index in [1.54, 1.807) is 13.2 Å². The Morgan fingerprint density at radius 2 is 2.00 bits per heavy atom. The highest BCUT2D eigenvalue weighted by Crippen LogP contribution is 2.26. The predicted molar refractivity (Wildman–Crippen MR) is 73.9 cm³/mol. The molecule has 0 bridgehead atoms. The Hall–Kier alpha value is -0.280. The van der Waals surface area contributed by atoms with Crippen molar-refractivity contribution in [1.29, 1.82) is 0 Å². The van der Waals surface area contributed by atoms with Crippen molar-refractivity contribution < 1.29 is 4.74 Å². The van der Waals surface area contributed by atoms with E-state index in [2.05, 4.69) is 19.2 Å². The molecule has 2 atom stereocenters. The van der Waals surface area contributed by atoms with E-state index in [4.69, 9.17) is 27.9 Å². The van der Waals surface area contributed by atoms with Crippen molar-refractivity contribution in [2.24, 2.45) is 5.92 Å². The van der Waals surface area contributed by atoms with Crippen LogP contribution in [0, 0.1) is 5.92 Å². The summed E-state index contributed by atoms with van der Waals surface area (Å²) in [5, 5.41) is 4.81. The predicted octanol–water partition coefficient (Wildman–Crippen LogP) is 3.93. The van der Waals surface area contributed by atoms with Gasteiger partial charge in [-0.25, -0.2) is 0 Å². The van der Waals surface area contributed by atoms with Gasteiger partial charge in [0.1, 0.15) is 0 Å². The third-order valence-corrected chi connectivity index (χ3v) is 3.22. The fourth-order valence-corrected chi connectivity index (χ4v) is 2.26. The van der Waals surface area contributed by atoms with E-state index in [0.717, 1.165) is 18.7 Å². The molecule has 0 aliphatic carbocycles. The molecule has 2 nitrogen and oxygen atoms in total. The average Bonchev–Trinajstić information content (AvgIpc) is 2.26. The molecule has 0 saturated heterocycles. The standard InChI is InChI=1S/C13H19Cl2NO/c1-9(8-17-3)7-16-10(2)12-5-4-11(14)6-13(12)15/h4-6,9-10,16H,7-8H2,1-3H3. The minimum absolute atomic E-state index is 0.207. The summed E-state index contributed by atoms with van der Waals surface area (Å²) >= 11 is 12.0. The number of hydrogen-bond acceptors (Lipinski definition) is 2. The van der Waals surface area contributed by atoms with Crippen LogP contribution in [-0.2, 0) is 4.74 Å². The number of nitrogens with one attached hydrogen (secondary N) is 1. The molecule has 1 aromatic rings. The fraction of sp³-hybridized carbons (Fsp3) is 0.538. The van der Waals surface area contributed by atoms with Crippen LogP contribution in [-0.4, -0.2) is 20.3 Å². The van der Waals surface area contributed by atoms with Crippen molar-refractivity contribution >= 4 is 23.2 Å². The van der Waals surface area contributed by atoms with E-state index in [-0.39, 0.29) is 6.04 Å². The highest BCUT2D eigenvalue weighted by atomic mass is 35.5. The summed E-state index contributed by atoms with van der Waals surface area (Å²) in [6, 6.07) is 5.80. The summed E-state index contributed by atoms with van der Waals surface area (Å²) < 4.78 is 5.10. The second-order valence-corrected chi connectivity index (χ2v) is 5.20. The Balaban J connectivity index is 2.54. The van der Waals surface area contributed by atoms with Gasteiger partial charge in [0.05, 0.1) is 0 Å². The Labute approximate surface area is 113 Å². The van der Waals surface area contributed by atoms with Gasteiger partial charge in [0, 0.05) is 36.3 Å². The smallest absolute Gasteiger partial charge is 0.0499 e. The van der Waals surface area contributed by atoms with Crippen molar-refractivity contribution in [1.82, 2.24) is 5.32 Å². The van der Waals surface area contributed by atoms with Gasteiger partial charge in [-0.3, -0.25) is 0 Å². The first-order valence-corrected chi connectivity index (χ1v) is 6.47. The van der Waals surface area contributed by atoms with Gasteiger partial charge in [0.15, 0.2) is 0 Å². The van der Waals surface area contributed by atoms with Gasteiger partial charge in [-0.15, -0.1) is 0 Å². The van der Waals surface area contributed by atoms with Gasteiger partial charge >= 0.3 is 0 Å². The molecule has 0 amide bonds. The molecule has 0 spiro atoms. The molecule has 1 rings (SSSR count). The monoisotopic (exact) mass is 275 g/mol. The van der Waals surface area contributed by atoms with Crippen LogP contribution in [0.1, 0.15) is 25.5 Å². The molecule has 0 aliphatic rings. The summed E-state index contributed by atoms with van der Waals surface area (Å²) in [5.41, 5.74) is 1.07. The summed E-state index contributed by atoms with van der Waals surface area (Å²) in [6.07, 6.45) is 0. The normalized spacial score (nSPS) is 14.6. The van der Waals surface area contributed by atoms with Gasteiger partial charge < -0.3 is 10.1 Å². The fourth-order valence-electron chi connectivity index (χ4n) is 1.68. The molecule has 0 fully saturated rings. The topological polar surface area (TPSA) is 21.3 Å². The lowest BCUT2D eigenvalue weighted by atomic mass is 10.1. The Morgan fingerprint density at radius 1 is 1.29 bits per heavy atom. The van der Waals surface area contributed by atoms with Crippen LogP contribution in [0.2, 0.25) is 10.0 Å². The van der Waals surface area contributed by atoms with Gasteiger partial charge in [0.2, 0.25) is 0 Å². The van der Waals surface area contributed by atoms with Crippen molar-refractivity contribution in [2.45, 2.75) is 19.9 Å². The van der Waals surface area contributed by atoms with E-state index < -0.39 is 0 Å². The van der Waals surface area contributed by atoms with Crippen molar-refractivity contribution in [3.63, 3.8) is 0 Å². The second kappa shape index (κ2) is 7.22. The van der Waals surface area contributed by atoms with Crippen LogP contribution in [0.4, 0.5) is 0 Å². The molecule has 0 radical (unpaired) electrons. The van der Waals surface area contributed by atoms with Gasteiger partial charge in [-0.1, -0.05) is 36.2 Å². The van der Waals surface area contributed by atoms with Crippen LogP contribution in [0.25, 0.3) is 0 Å². The maximum absolute atomic E-state index is 6.15. The van der Waals surface area contributed by atoms with Crippen LogP contribution in [0.5, 0.6) is 0 Å². The van der Waals surface area contributed by atoms with E-state index in [1.807, 2.05) is 12.1 Å². The lowest BCUT2D eigenvalue weighted by Crippen LogP contribution is -2.26. The first-order valence-electron chi connectivity index (χ1n) is 5.72. The zero-order valence-electron chi connectivity index (χ0n) is 10.5. The van der Waals surface area contributed by atoms with E-state index in [9.17, 15) is 0 Å². The molecular formula is C13H19Cl2NO. The molecule has 0 saturated carbocycles. The molecule has 0 aromatic heterocycles. The van der Waals surface area contributed by atoms with Gasteiger partial charge in [-0.2, -0.15) is 0 Å². The molecule has 1 N–H and O–H groups in total. The third kappa shape index (κ3) is 4.84. The highest BCUT2D eigenvalue weighted by Gasteiger charge is 2.11. The molecule has 1 aromatic carbocycles. The number of methoxy groups -OCH3 is 1. The molecule has 2 unspecified atom stereocenters. The SMILES string of the molecule is COCC(C)CNC(C)c1ccc(Cl)cc1Cl. The largest absolute Gasteiger partial charge is 0.384 e. The number of hydrogen-bond donors (Lipinski definition) is 1. The molecule has 96 valence electrons. The summed E-state index contributed by atoms with van der Waals surface area (Å²) in [7, 11) is 1.72. The highest BCUT2D eigenvalue weighted by molar-refractivity contribution is 6.35. The van der Waals surface area contributed by atoms with Crippen LogP contribution in [0.15, 0.2) is 18.2 Å². The van der Waals surface area contributed by atoms with Crippen LogP contribution < -0.4 is 5.32 Å². The molecular weight excluding hydrogens is 257 g/mol. The molecule has 4 heteroatoms. The third-order valence-electron chi connectivity index (χ3n) is 2.65. The Morgan fingerprint density at radius 3 is 2.59 bits per heavy atom. The maximum Gasteiger partial charge on any atom is 0.0499 e. The van der Waals surface area contributed by atoms with E-state index >= 15 is 0 Å². The van der Waals surface area contributed by atoms with Gasteiger partial charge in [0.25, 0.3) is 0 Å². The minimum Gasteiger partial charge on any atom is -0.384 e. The van der Waals surface area contributed by atoms with Crippen molar-refractivity contribution in [3.8, 4) is 0 Å². The van der Waals surface area contributed by atoms with Crippen LogP contribution >= 0.6 is 23.2 Å². The zero-order valence-corrected chi connectivity index (χ0v) is 12.0. The number of halogens is 2. The first kappa shape index (κ1) is 14.8. The number of benzene rings is 1. The van der Waals surface area contributed by atoms with E-state index in [1.165, 1.54) is 0 Å². The lowest BCUT2D eigenvalue weighted by molar-refractivity contribution is 0.157. The van der Waals surface area contributed by atoms with Crippen molar-refractivity contribution in [3.05, 3.63) is 33.8 Å². The summed E-state index contributed by atoms with van der Waals surface area (Å²) in [5.74, 6) is 0.480. The maximum atomic E-state index is 6.15. The van der Waals surface area contributed by atoms with Crippen LogP contribution in [0.3, 0.4) is 0 Å². The lowest BCUT2D eigenvalue weighted by Gasteiger charge is -2.18. The zero-order chi connectivity index (χ0) is 12.8. The minimum atomic E-state index is 0.207. The van der Waals surface area contributed by atoms with Gasteiger partial charge in [-0.05, 0) is 30.5 Å². The number of ether oxygens (including phenoxy) is 1. The van der Waals surface area contributed by atoms with E-state index in [0.29, 0.717) is 16.0 Å². The Bertz CT molecular complexity index is 357. The van der Waals surface area contributed by atoms with Crippen molar-refractivity contribution in [2.75, 3.05) is 20.3 Å². The average molecular weight is 276 g/mol. The summed E-state index contributed by atoms with van der Waals surface area (Å²) in [4.78, 5) is 0. The Kier molecular flexibility index (Phi) is 6.28. The molecule has 0 heterocycles. The summed E-state index contributed by atoms with van der Waals surface area (Å²) in [6.45, 7) is 5.89. The first-order chi connectivity index (χ1) is 8.04. The number of rotatable bonds is 6. The quantitative estimate of drug-likeness (QED) is 0.850. The molecule has 17 heavy (non-hydrogen) atoms.